The van der Waals surface area contributed by atoms with E-state index >= 15 is 0 Å². The lowest BCUT2D eigenvalue weighted by Gasteiger charge is -2.42. The summed E-state index contributed by atoms with van der Waals surface area (Å²) in [4.78, 5) is 2.60. The molecule has 0 saturated carbocycles. The number of piperidine rings is 1. The van der Waals surface area contributed by atoms with Gasteiger partial charge in [-0.25, -0.2) is 0 Å². The molecule has 0 bridgehead atoms. The van der Waals surface area contributed by atoms with Crippen LogP contribution in [0.5, 0.6) is 0 Å². The van der Waals surface area contributed by atoms with Crippen molar-refractivity contribution < 1.29 is 5.11 Å². The van der Waals surface area contributed by atoms with Crippen molar-refractivity contribution in [2.75, 3.05) is 13.1 Å². The average Bonchev–Trinajstić information content (AvgIpc) is 2.81. The van der Waals surface area contributed by atoms with Gasteiger partial charge in [0, 0.05) is 12.6 Å². The van der Waals surface area contributed by atoms with Crippen LogP contribution in [-0.2, 0) is 0 Å². The monoisotopic (exact) mass is 253 g/mol. The summed E-state index contributed by atoms with van der Waals surface area (Å²) in [6.07, 6.45) is 10.9. The Bertz CT molecular complexity index is 255. The summed E-state index contributed by atoms with van der Waals surface area (Å²) in [6, 6.07) is 0.687. The van der Waals surface area contributed by atoms with Crippen LogP contribution in [0.25, 0.3) is 0 Å². The van der Waals surface area contributed by atoms with Gasteiger partial charge in [-0.1, -0.05) is 39.5 Å². The van der Waals surface area contributed by atoms with Gasteiger partial charge in [0.15, 0.2) is 0 Å². The Kier molecular flexibility index (Phi) is 5.08. The molecule has 2 nitrogen and oxygen atoms in total. The van der Waals surface area contributed by atoms with E-state index in [-0.39, 0.29) is 5.60 Å². The molecule has 0 aliphatic carbocycles. The van der Waals surface area contributed by atoms with Crippen molar-refractivity contribution in [2.45, 2.75) is 83.3 Å². The first-order valence-electron chi connectivity index (χ1n) is 8.13. The number of hydrogen-bond donors (Lipinski definition) is 1. The minimum Gasteiger partial charge on any atom is -0.390 e. The second kappa shape index (κ2) is 6.38. The summed E-state index contributed by atoms with van der Waals surface area (Å²) in [6.45, 7) is 6.95. The maximum absolute atomic E-state index is 10.9. The van der Waals surface area contributed by atoms with Gasteiger partial charge in [0.2, 0.25) is 0 Å². The fourth-order valence-electron chi connectivity index (χ4n) is 3.98. The first kappa shape index (κ1) is 14.3. The largest absolute Gasteiger partial charge is 0.390 e. The second-order valence-electron chi connectivity index (χ2n) is 6.63. The molecule has 0 radical (unpaired) electrons. The first-order chi connectivity index (χ1) is 8.67. The van der Waals surface area contributed by atoms with E-state index in [0.717, 1.165) is 31.7 Å². The molecule has 2 fully saturated rings. The Labute approximate surface area is 113 Å². The fraction of sp³-hybridized carbons (Fsp3) is 1.00. The van der Waals surface area contributed by atoms with Crippen molar-refractivity contribution in [1.82, 2.24) is 4.90 Å². The van der Waals surface area contributed by atoms with E-state index in [1.165, 1.54) is 45.1 Å². The zero-order valence-corrected chi connectivity index (χ0v) is 12.3. The number of nitrogens with zero attached hydrogens (tertiary/aromatic N) is 1. The van der Waals surface area contributed by atoms with Crippen molar-refractivity contribution in [1.29, 1.82) is 0 Å². The number of rotatable bonds is 6. The first-order valence-corrected chi connectivity index (χ1v) is 8.13. The van der Waals surface area contributed by atoms with E-state index in [1.54, 1.807) is 0 Å². The zero-order valence-electron chi connectivity index (χ0n) is 12.3. The van der Waals surface area contributed by atoms with Crippen molar-refractivity contribution in [3.63, 3.8) is 0 Å². The third kappa shape index (κ3) is 3.48. The molecule has 0 aromatic heterocycles. The van der Waals surface area contributed by atoms with Gasteiger partial charge < -0.3 is 10.0 Å². The highest BCUT2D eigenvalue weighted by atomic mass is 16.3. The number of unbranched alkanes of at least 4 members (excludes halogenated alkanes) is 1. The lowest BCUT2D eigenvalue weighted by Crippen LogP contribution is -2.48. The van der Waals surface area contributed by atoms with Gasteiger partial charge in [-0.3, -0.25) is 0 Å². The molecule has 0 amide bonds. The van der Waals surface area contributed by atoms with Crippen LogP contribution >= 0.6 is 0 Å². The van der Waals surface area contributed by atoms with Crippen LogP contribution in [0.15, 0.2) is 0 Å². The van der Waals surface area contributed by atoms with Crippen LogP contribution in [0, 0.1) is 5.92 Å². The highest BCUT2D eigenvalue weighted by Gasteiger charge is 2.40. The molecule has 0 aromatic rings. The molecule has 1 N–H and O–H groups in total. The molecular weight excluding hydrogens is 222 g/mol. The Balaban J connectivity index is 1.86. The van der Waals surface area contributed by atoms with Gasteiger partial charge >= 0.3 is 0 Å². The molecule has 106 valence electrons. The molecule has 0 spiro atoms. The second-order valence-corrected chi connectivity index (χ2v) is 6.63. The van der Waals surface area contributed by atoms with Gasteiger partial charge in [0.1, 0.15) is 0 Å². The van der Waals surface area contributed by atoms with Gasteiger partial charge in [0.25, 0.3) is 0 Å². The Morgan fingerprint density at radius 2 is 2.17 bits per heavy atom. The SMILES string of the molecule is CCCCC(CC)CC1(O)CCN2CCCC2C1. The molecule has 0 aromatic carbocycles. The van der Waals surface area contributed by atoms with Crippen LogP contribution in [0.2, 0.25) is 0 Å². The van der Waals surface area contributed by atoms with E-state index in [9.17, 15) is 5.11 Å². The average molecular weight is 253 g/mol. The minimum absolute atomic E-state index is 0.347. The third-order valence-electron chi connectivity index (χ3n) is 5.19. The summed E-state index contributed by atoms with van der Waals surface area (Å²) >= 11 is 0. The van der Waals surface area contributed by atoms with Gasteiger partial charge in [-0.15, -0.1) is 0 Å². The van der Waals surface area contributed by atoms with Crippen molar-refractivity contribution in [3.8, 4) is 0 Å². The van der Waals surface area contributed by atoms with E-state index in [1.807, 2.05) is 0 Å². The van der Waals surface area contributed by atoms with Crippen LogP contribution in [0.1, 0.15) is 71.6 Å². The molecule has 2 heterocycles. The Morgan fingerprint density at radius 1 is 1.33 bits per heavy atom. The summed E-state index contributed by atoms with van der Waals surface area (Å²) in [5.74, 6) is 0.739. The highest BCUT2D eigenvalue weighted by molar-refractivity contribution is 4.95. The van der Waals surface area contributed by atoms with E-state index in [2.05, 4.69) is 18.7 Å². The molecule has 2 aliphatic rings. The summed E-state index contributed by atoms with van der Waals surface area (Å²) in [5.41, 5.74) is -0.347. The predicted octanol–water partition coefficient (Wildman–Crippen LogP) is 3.58. The van der Waals surface area contributed by atoms with Crippen LogP contribution < -0.4 is 0 Å². The fourth-order valence-corrected chi connectivity index (χ4v) is 3.98. The van der Waals surface area contributed by atoms with Crippen molar-refractivity contribution >= 4 is 0 Å². The summed E-state index contributed by atoms with van der Waals surface area (Å²) < 4.78 is 0. The molecular formula is C16H31NO. The number of hydrogen-bond acceptors (Lipinski definition) is 2. The standard InChI is InChI=1S/C16H31NO/c1-3-5-7-14(4-2)12-16(18)9-11-17-10-6-8-15(17)13-16/h14-15,18H,3-13H2,1-2H3. The smallest absolute Gasteiger partial charge is 0.0677 e. The minimum atomic E-state index is -0.347. The zero-order chi connectivity index (χ0) is 13.0. The normalized spacial score (nSPS) is 34.5. The van der Waals surface area contributed by atoms with Crippen LogP contribution in [0.3, 0.4) is 0 Å². The van der Waals surface area contributed by atoms with E-state index in [0.29, 0.717) is 6.04 Å². The van der Waals surface area contributed by atoms with Gasteiger partial charge in [-0.2, -0.15) is 0 Å². The molecule has 2 saturated heterocycles. The molecule has 2 heteroatoms. The summed E-state index contributed by atoms with van der Waals surface area (Å²) in [7, 11) is 0. The van der Waals surface area contributed by atoms with Gasteiger partial charge in [-0.05, 0) is 44.6 Å². The molecule has 18 heavy (non-hydrogen) atoms. The topological polar surface area (TPSA) is 23.5 Å². The molecule has 3 unspecified atom stereocenters. The lowest BCUT2D eigenvalue weighted by molar-refractivity contribution is -0.0536. The van der Waals surface area contributed by atoms with Gasteiger partial charge in [0.05, 0.1) is 5.60 Å². The number of aliphatic hydroxyl groups is 1. The van der Waals surface area contributed by atoms with E-state index in [4.69, 9.17) is 0 Å². The Hall–Kier alpha value is -0.0800. The highest BCUT2D eigenvalue weighted by Crippen LogP contribution is 2.38. The maximum atomic E-state index is 10.9. The van der Waals surface area contributed by atoms with Crippen LogP contribution in [-0.4, -0.2) is 34.7 Å². The molecule has 3 atom stereocenters. The Morgan fingerprint density at radius 3 is 2.89 bits per heavy atom. The molecule has 2 rings (SSSR count). The van der Waals surface area contributed by atoms with E-state index < -0.39 is 0 Å². The predicted molar refractivity (Wildman–Crippen MR) is 76.7 cm³/mol. The lowest BCUT2D eigenvalue weighted by atomic mass is 9.78. The maximum Gasteiger partial charge on any atom is 0.0677 e. The van der Waals surface area contributed by atoms with Crippen molar-refractivity contribution in [3.05, 3.63) is 0 Å². The summed E-state index contributed by atoms with van der Waals surface area (Å²) in [5, 5.41) is 10.9. The van der Waals surface area contributed by atoms with Crippen LogP contribution in [0.4, 0.5) is 0 Å². The molecule has 2 aliphatic heterocycles. The quantitative estimate of drug-likeness (QED) is 0.782. The van der Waals surface area contributed by atoms with Crippen molar-refractivity contribution in [2.24, 2.45) is 5.92 Å². The third-order valence-corrected chi connectivity index (χ3v) is 5.19. The number of fused-ring (bicyclic) bond motifs is 1.